The number of carbonyl (C=O) groups is 1. The Morgan fingerprint density at radius 1 is 1.08 bits per heavy atom. The van der Waals surface area contributed by atoms with Gasteiger partial charge < -0.3 is 14.8 Å². The summed E-state index contributed by atoms with van der Waals surface area (Å²) in [6.07, 6.45) is 0. The Hall–Kier alpha value is -2.53. The SMILES string of the molecule is CCN(CC)C(CNC(=O)c1cccc2c1OCO2)c1ccccc1. The maximum Gasteiger partial charge on any atom is 0.255 e. The minimum absolute atomic E-state index is 0.133. The molecule has 0 radical (unpaired) electrons. The number of hydrogen-bond acceptors (Lipinski definition) is 4. The summed E-state index contributed by atoms with van der Waals surface area (Å²) in [7, 11) is 0. The molecule has 5 heteroatoms. The second-order valence-electron chi connectivity index (χ2n) is 5.90. The summed E-state index contributed by atoms with van der Waals surface area (Å²) in [5, 5.41) is 3.06. The number of carbonyl (C=O) groups excluding carboxylic acids is 1. The van der Waals surface area contributed by atoms with Crippen molar-refractivity contribution in [2.75, 3.05) is 26.4 Å². The average molecular weight is 340 g/mol. The zero-order valence-corrected chi connectivity index (χ0v) is 14.7. The quantitative estimate of drug-likeness (QED) is 0.841. The number of rotatable bonds is 7. The maximum absolute atomic E-state index is 12.7. The predicted octanol–water partition coefficient (Wildman–Crippen LogP) is 3.23. The van der Waals surface area contributed by atoms with Crippen LogP contribution in [0.25, 0.3) is 0 Å². The van der Waals surface area contributed by atoms with E-state index in [1.807, 2.05) is 30.3 Å². The van der Waals surface area contributed by atoms with Gasteiger partial charge in [0.25, 0.3) is 5.91 Å². The van der Waals surface area contributed by atoms with Gasteiger partial charge in [-0.15, -0.1) is 0 Å². The van der Waals surface area contributed by atoms with Crippen LogP contribution in [0.3, 0.4) is 0 Å². The predicted molar refractivity (Wildman–Crippen MR) is 97.0 cm³/mol. The van der Waals surface area contributed by atoms with Gasteiger partial charge in [0.1, 0.15) is 0 Å². The Labute approximate surface area is 148 Å². The standard InChI is InChI=1S/C20H24N2O3/c1-3-22(4-2)17(15-9-6-5-7-10-15)13-21-20(23)16-11-8-12-18-19(16)25-14-24-18/h5-12,17H,3-4,13-14H2,1-2H3,(H,21,23). The summed E-state index contributed by atoms with van der Waals surface area (Å²) >= 11 is 0. The highest BCUT2D eigenvalue weighted by Gasteiger charge is 2.23. The molecule has 1 atom stereocenters. The Balaban J connectivity index is 1.75. The van der Waals surface area contributed by atoms with E-state index in [0.29, 0.717) is 23.6 Å². The summed E-state index contributed by atoms with van der Waals surface area (Å²) < 4.78 is 10.8. The molecule has 0 spiro atoms. The van der Waals surface area contributed by atoms with Crippen molar-refractivity contribution >= 4 is 5.91 Å². The van der Waals surface area contributed by atoms with Crippen molar-refractivity contribution < 1.29 is 14.3 Å². The van der Waals surface area contributed by atoms with Gasteiger partial charge in [0.2, 0.25) is 6.79 Å². The van der Waals surface area contributed by atoms with Gasteiger partial charge in [-0.3, -0.25) is 9.69 Å². The van der Waals surface area contributed by atoms with E-state index in [9.17, 15) is 4.79 Å². The zero-order valence-electron chi connectivity index (χ0n) is 14.7. The fourth-order valence-electron chi connectivity index (χ4n) is 3.19. The third kappa shape index (κ3) is 3.77. The van der Waals surface area contributed by atoms with Gasteiger partial charge >= 0.3 is 0 Å². The van der Waals surface area contributed by atoms with Crippen LogP contribution in [0.1, 0.15) is 35.8 Å². The summed E-state index contributed by atoms with van der Waals surface area (Å²) in [4.78, 5) is 15.0. The number of hydrogen-bond donors (Lipinski definition) is 1. The monoisotopic (exact) mass is 340 g/mol. The Bertz CT molecular complexity index is 714. The fourth-order valence-corrected chi connectivity index (χ4v) is 3.19. The number of nitrogens with zero attached hydrogens (tertiary/aromatic N) is 1. The molecule has 0 saturated carbocycles. The highest BCUT2D eigenvalue weighted by atomic mass is 16.7. The maximum atomic E-state index is 12.7. The highest BCUT2D eigenvalue weighted by Crippen LogP contribution is 2.35. The average Bonchev–Trinajstić information content (AvgIpc) is 3.14. The van der Waals surface area contributed by atoms with Crippen molar-refractivity contribution in [2.24, 2.45) is 0 Å². The van der Waals surface area contributed by atoms with Crippen LogP contribution in [-0.2, 0) is 0 Å². The largest absolute Gasteiger partial charge is 0.454 e. The fraction of sp³-hybridized carbons (Fsp3) is 0.350. The Kier molecular flexibility index (Phi) is 5.56. The smallest absolute Gasteiger partial charge is 0.255 e. The second kappa shape index (κ2) is 8.03. The summed E-state index contributed by atoms with van der Waals surface area (Å²) in [6, 6.07) is 15.8. The topological polar surface area (TPSA) is 50.8 Å². The van der Waals surface area contributed by atoms with E-state index in [1.165, 1.54) is 5.56 Å². The molecule has 5 nitrogen and oxygen atoms in total. The van der Waals surface area contributed by atoms with Crippen molar-refractivity contribution in [3.8, 4) is 11.5 Å². The molecule has 1 aliphatic heterocycles. The molecule has 0 aromatic heterocycles. The molecule has 0 saturated heterocycles. The zero-order chi connectivity index (χ0) is 17.6. The van der Waals surface area contributed by atoms with Crippen molar-refractivity contribution in [1.29, 1.82) is 0 Å². The first-order chi connectivity index (χ1) is 12.2. The molecule has 0 aliphatic carbocycles. The molecule has 1 heterocycles. The molecule has 2 aromatic rings. The van der Waals surface area contributed by atoms with E-state index in [-0.39, 0.29) is 18.7 Å². The van der Waals surface area contributed by atoms with Crippen LogP contribution in [0.2, 0.25) is 0 Å². The lowest BCUT2D eigenvalue weighted by atomic mass is 10.0. The summed E-state index contributed by atoms with van der Waals surface area (Å²) in [6.45, 7) is 6.81. The van der Waals surface area contributed by atoms with Gasteiger partial charge in [-0.25, -0.2) is 0 Å². The minimum atomic E-state index is -0.143. The normalized spacial score (nSPS) is 13.7. The summed E-state index contributed by atoms with van der Waals surface area (Å²) in [5.74, 6) is 1.01. The van der Waals surface area contributed by atoms with Crippen molar-refractivity contribution in [3.63, 3.8) is 0 Å². The summed E-state index contributed by atoms with van der Waals surface area (Å²) in [5.41, 5.74) is 1.71. The van der Waals surface area contributed by atoms with Gasteiger partial charge in [-0.05, 0) is 30.8 Å². The molecular weight excluding hydrogens is 316 g/mol. The molecule has 132 valence electrons. The van der Waals surface area contributed by atoms with Gasteiger partial charge in [0.15, 0.2) is 11.5 Å². The van der Waals surface area contributed by atoms with Crippen molar-refractivity contribution in [2.45, 2.75) is 19.9 Å². The van der Waals surface area contributed by atoms with E-state index in [2.05, 4.69) is 36.2 Å². The molecule has 0 bridgehead atoms. The van der Waals surface area contributed by atoms with Crippen LogP contribution >= 0.6 is 0 Å². The molecule has 2 aromatic carbocycles. The van der Waals surface area contributed by atoms with E-state index < -0.39 is 0 Å². The van der Waals surface area contributed by atoms with E-state index >= 15 is 0 Å². The van der Waals surface area contributed by atoms with Crippen LogP contribution < -0.4 is 14.8 Å². The molecule has 1 unspecified atom stereocenters. The van der Waals surface area contributed by atoms with Gasteiger partial charge in [0.05, 0.1) is 11.6 Å². The molecule has 0 fully saturated rings. The number of fused-ring (bicyclic) bond motifs is 1. The van der Waals surface area contributed by atoms with E-state index in [0.717, 1.165) is 13.1 Å². The second-order valence-corrected chi connectivity index (χ2v) is 5.90. The lowest BCUT2D eigenvalue weighted by Crippen LogP contribution is -2.38. The molecule has 3 rings (SSSR count). The molecule has 25 heavy (non-hydrogen) atoms. The van der Waals surface area contributed by atoms with Crippen LogP contribution in [-0.4, -0.2) is 37.2 Å². The third-order valence-electron chi connectivity index (χ3n) is 4.53. The van der Waals surface area contributed by atoms with Crippen molar-refractivity contribution in [1.82, 2.24) is 10.2 Å². The third-order valence-corrected chi connectivity index (χ3v) is 4.53. The highest BCUT2D eigenvalue weighted by molar-refractivity contribution is 5.98. The molecule has 1 N–H and O–H groups in total. The van der Waals surface area contributed by atoms with Crippen LogP contribution in [0.4, 0.5) is 0 Å². The lowest BCUT2D eigenvalue weighted by Gasteiger charge is -2.30. The number of benzene rings is 2. The number of amides is 1. The molecule has 1 aliphatic rings. The lowest BCUT2D eigenvalue weighted by molar-refractivity contribution is 0.0930. The van der Waals surface area contributed by atoms with Gasteiger partial charge in [-0.1, -0.05) is 50.2 Å². The Morgan fingerprint density at radius 2 is 1.84 bits per heavy atom. The van der Waals surface area contributed by atoms with Crippen molar-refractivity contribution in [3.05, 3.63) is 59.7 Å². The van der Waals surface area contributed by atoms with Crippen LogP contribution in [0.5, 0.6) is 11.5 Å². The van der Waals surface area contributed by atoms with Gasteiger partial charge in [0, 0.05) is 6.54 Å². The van der Waals surface area contributed by atoms with E-state index in [1.54, 1.807) is 6.07 Å². The number of likely N-dealkylation sites (N-methyl/N-ethyl adjacent to an activating group) is 1. The molecule has 1 amide bonds. The number of ether oxygens (including phenoxy) is 2. The first kappa shape index (κ1) is 17.3. The van der Waals surface area contributed by atoms with Crippen LogP contribution in [0.15, 0.2) is 48.5 Å². The first-order valence-corrected chi connectivity index (χ1v) is 8.70. The first-order valence-electron chi connectivity index (χ1n) is 8.70. The number of nitrogens with one attached hydrogen (secondary N) is 1. The Morgan fingerprint density at radius 3 is 2.56 bits per heavy atom. The molecular formula is C20H24N2O3. The van der Waals surface area contributed by atoms with E-state index in [4.69, 9.17) is 9.47 Å². The van der Waals surface area contributed by atoms with Crippen LogP contribution in [0, 0.1) is 0 Å². The number of para-hydroxylation sites is 1. The van der Waals surface area contributed by atoms with Gasteiger partial charge in [-0.2, -0.15) is 0 Å². The minimum Gasteiger partial charge on any atom is -0.454 e.